The van der Waals surface area contributed by atoms with Gasteiger partial charge in [-0.15, -0.1) is 0 Å². The Morgan fingerprint density at radius 3 is 2.33 bits per heavy atom. The van der Waals surface area contributed by atoms with Crippen molar-refractivity contribution in [3.63, 3.8) is 0 Å². The molecule has 3 fully saturated rings. The van der Waals surface area contributed by atoms with Gasteiger partial charge in [0.05, 0.1) is 6.54 Å². The average Bonchev–Trinajstić information content (AvgIpc) is 3.25. The first kappa shape index (κ1) is 22.2. The normalized spacial score (nSPS) is 31.6. The molecule has 2 amide bonds. The lowest BCUT2D eigenvalue weighted by Gasteiger charge is -2.36. The van der Waals surface area contributed by atoms with E-state index in [1.807, 2.05) is 42.5 Å². The largest absolute Gasteiger partial charge is 0.345 e. The van der Waals surface area contributed by atoms with Crippen LogP contribution in [0.2, 0.25) is 0 Å². The molecule has 9 nitrogen and oxygen atoms in total. The smallest absolute Gasteiger partial charge is 0.252 e. The third kappa shape index (κ3) is 4.34. The Balaban J connectivity index is 1.26. The quantitative estimate of drug-likeness (QED) is 0.727. The standard InChI is InChI=1S/C24H28N2O7/c1-23(2)30-17-18(31-23)20-22(33-24(3,4)32-20)29-19(17)21(28)25-12-16(27)26-15-11-7-9-13-8-5-6-10-14(13)15/h5-11,17-20,22H,12H2,1-4H3,(H,25,28)(H,26,27)/t17-,18-,19+,20-,22+/m1/s1. The number of carbonyl (C=O) groups is 2. The van der Waals surface area contributed by atoms with E-state index in [9.17, 15) is 9.59 Å². The summed E-state index contributed by atoms with van der Waals surface area (Å²) >= 11 is 0. The summed E-state index contributed by atoms with van der Waals surface area (Å²) in [5, 5.41) is 7.44. The van der Waals surface area contributed by atoms with Gasteiger partial charge in [-0.1, -0.05) is 36.4 Å². The van der Waals surface area contributed by atoms with Gasteiger partial charge in [-0.2, -0.15) is 0 Å². The molecule has 2 aromatic rings. The van der Waals surface area contributed by atoms with Crippen molar-refractivity contribution in [2.45, 2.75) is 70.0 Å². The molecular weight excluding hydrogens is 428 g/mol. The van der Waals surface area contributed by atoms with Crippen LogP contribution in [-0.2, 0) is 33.3 Å². The maximum absolute atomic E-state index is 13.0. The van der Waals surface area contributed by atoms with Crippen LogP contribution in [0.3, 0.4) is 0 Å². The molecule has 0 radical (unpaired) electrons. The van der Waals surface area contributed by atoms with E-state index < -0.39 is 48.2 Å². The number of fused-ring (bicyclic) bond motifs is 4. The number of hydrogen-bond donors (Lipinski definition) is 2. The number of benzene rings is 2. The van der Waals surface area contributed by atoms with E-state index in [0.29, 0.717) is 5.69 Å². The predicted octanol–water partition coefficient (Wildman–Crippen LogP) is 2.29. The van der Waals surface area contributed by atoms with Crippen LogP contribution < -0.4 is 10.6 Å². The van der Waals surface area contributed by atoms with Crippen molar-refractivity contribution in [2.75, 3.05) is 11.9 Å². The monoisotopic (exact) mass is 456 g/mol. The van der Waals surface area contributed by atoms with E-state index in [4.69, 9.17) is 23.7 Å². The highest BCUT2D eigenvalue weighted by Gasteiger charge is 2.62. The van der Waals surface area contributed by atoms with Crippen LogP contribution in [0.5, 0.6) is 0 Å². The van der Waals surface area contributed by atoms with Gasteiger partial charge in [0.15, 0.2) is 24.0 Å². The van der Waals surface area contributed by atoms with Gasteiger partial charge in [-0.3, -0.25) is 9.59 Å². The van der Waals surface area contributed by atoms with Crippen LogP contribution >= 0.6 is 0 Å². The fraction of sp³-hybridized carbons (Fsp3) is 0.500. The Kier molecular flexibility index (Phi) is 5.42. The molecule has 0 spiro atoms. The van der Waals surface area contributed by atoms with E-state index in [1.54, 1.807) is 27.7 Å². The van der Waals surface area contributed by atoms with Gasteiger partial charge in [-0.05, 0) is 39.1 Å². The summed E-state index contributed by atoms with van der Waals surface area (Å²) < 4.78 is 29.7. The van der Waals surface area contributed by atoms with Gasteiger partial charge in [0.1, 0.15) is 18.3 Å². The number of nitrogens with one attached hydrogen (secondary N) is 2. The van der Waals surface area contributed by atoms with Crippen LogP contribution in [0.4, 0.5) is 5.69 Å². The molecule has 5 rings (SSSR count). The van der Waals surface area contributed by atoms with Crippen LogP contribution in [0.15, 0.2) is 42.5 Å². The molecule has 3 saturated heterocycles. The fourth-order valence-electron chi connectivity index (χ4n) is 4.62. The SMILES string of the molecule is CC1(C)O[C@@H]2[C@@H](O1)[C@@H](C(=O)NCC(=O)Nc1cccc3ccccc13)O[C@H]1OC(C)(C)O[C@@H]12. The molecule has 176 valence electrons. The summed E-state index contributed by atoms with van der Waals surface area (Å²) in [6.45, 7) is 6.87. The molecule has 3 heterocycles. The summed E-state index contributed by atoms with van der Waals surface area (Å²) in [6, 6.07) is 13.4. The summed E-state index contributed by atoms with van der Waals surface area (Å²) in [5.74, 6) is -2.62. The number of anilines is 1. The lowest BCUT2D eigenvalue weighted by molar-refractivity contribution is -0.231. The minimum absolute atomic E-state index is 0.222. The van der Waals surface area contributed by atoms with Gasteiger partial charge < -0.3 is 34.3 Å². The predicted molar refractivity (Wildman–Crippen MR) is 118 cm³/mol. The van der Waals surface area contributed by atoms with Gasteiger partial charge in [-0.25, -0.2) is 0 Å². The molecule has 0 bridgehead atoms. The number of hydrogen-bond acceptors (Lipinski definition) is 7. The molecule has 9 heteroatoms. The van der Waals surface area contributed by atoms with Crippen molar-refractivity contribution in [1.82, 2.24) is 5.32 Å². The topological polar surface area (TPSA) is 104 Å². The van der Waals surface area contributed by atoms with Crippen LogP contribution in [0, 0.1) is 0 Å². The summed E-state index contributed by atoms with van der Waals surface area (Å²) in [5.41, 5.74) is 0.678. The minimum atomic E-state index is -1.01. The Hall–Kier alpha value is -2.56. The van der Waals surface area contributed by atoms with Crippen LogP contribution in [0.25, 0.3) is 10.8 Å². The average molecular weight is 456 g/mol. The van der Waals surface area contributed by atoms with E-state index in [0.717, 1.165) is 10.8 Å². The molecule has 3 aliphatic heterocycles. The lowest BCUT2D eigenvalue weighted by Crippen LogP contribution is -2.59. The molecule has 0 aliphatic carbocycles. The van der Waals surface area contributed by atoms with Crippen molar-refractivity contribution >= 4 is 28.3 Å². The molecule has 5 atom stereocenters. The van der Waals surface area contributed by atoms with Crippen molar-refractivity contribution in [3.8, 4) is 0 Å². The maximum Gasteiger partial charge on any atom is 0.252 e. The molecule has 2 N–H and O–H groups in total. The second-order valence-corrected chi connectivity index (χ2v) is 9.38. The molecule has 0 saturated carbocycles. The Labute approximate surface area is 191 Å². The lowest BCUT2D eigenvalue weighted by atomic mass is 9.98. The number of ether oxygens (including phenoxy) is 5. The third-order valence-corrected chi connectivity index (χ3v) is 5.90. The first-order chi connectivity index (χ1) is 15.6. The van der Waals surface area contributed by atoms with E-state index >= 15 is 0 Å². The van der Waals surface area contributed by atoms with Crippen LogP contribution in [0.1, 0.15) is 27.7 Å². The second-order valence-electron chi connectivity index (χ2n) is 9.38. The van der Waals surface area contributed by atoms with E-state index in [1.165, 1.54) is 0 Å². The summed E-state index contributed by atoms with van der Waals surface area (Å²) in [7, 11) is 0. The van der Waals surface area contributed by atoms with E-state index in [2.05, 4.69) is 10.6 Å². The Morgan fingerprint density at radius 1 is 0.848 bits per heavy atom. The zero-order valence-corrected chi connectivity index (χ0v) is 19.0. The summed E-state index contributed by atoms with van der Waals surface area (Å²) in [6.07, 6.45) is -3.55. The van der Waals surface area contributed by atoms with Gasteiger partial charge in [0, 0.05) is 11.1 Å². The van der Waals surface area contributed by atoms with E-state index in [-0.39, 0.29) is 12.5 Å². The van der Waals surface area contributed by atoms with Gasteiger partial charge in [0.2, 0.25) is 5.91 Å². The molecule has 0 aromatic heterocycles. The fourth-order valence-corrected chi connectivity index (χ4v) is 4.62. The van der Waals surface area contributed by atoms with Crippen molar-refractivity contribution in [1.29, 1.82) is 0 Å². The van der Waals surface area contributed by atoms with Crippen molar-refractivity contribution in [3.05, 3.63) is 42.5 Å². The molecule has 33 heavy (non-hydrogen) atoms. The maximum atomic E-state index is 13.0. The highest BCUT2D eigenvalue weighted by atomic mass is 16.9. The van der Waals surface area contributed by atoms with Gasteiger partial charge in [0.25, 0.3) is 5.91 Å². The molecule has 0 unspecified atom stereocenters. The molecule has 2 aromatic carbocycles. The number of amides is 2. The second kappa shape index (κ2) is 8.03. The van der Waals surface area contributed by atoms with Crippen molar-refractivity contribution < 1.29 is 33.3 Å². The highest BCUT2D eigenvalue weighted by molar-refractivity contribution is 6.03. The number of rotatable bonds is 4. The zero-order chi connectivity index (χ0) is 23.4. The first-order valence-corrected chi connectivity index (χ1v) is 11.0. The highest BCUT2D eigenvalue weighted by Crippen LogP contribution is 2.44. The van der Waals surface area contributed by atoms with Gasteiger partial charge >= 0.3 is 0 Å². The van der Waals surface area contributed by atoms with Crippen molar-refractivity contribution in [2.24, 2.45) is 0 Å². The summed E-state index contributed by atoms with van der Waals surface area (Å²) in [4.78, 5) is 25.6. The Bertz CT molecular complexity index is 1080. The third-order valence-electron chi connectivity index (χ3n) is 5.90. The minimum Gasteiger partial charge on any atom is -0.345 e. The van der Waals surface area contributed by atoms with Crippen LogP contribution in [-0.4, -0.2) is 60.6 Å². The Morgan fingerprint density at radius 2 is 1.52 bits per heavy atom. The molecular formula is C24H28N2O7. The first-order valence-electron chi connectivity index (χ1n) is 11.0. The zero-order valence-electron chi connectivity index (χ0n) is 19.0. The number of carbonyl (C=O) groups excluding carboxylic acids is 2. The molecule has 3 aliphatic rings.